The molecule has 7 nitrogen and oxygen atoms in total. The van der Waals surface area contributed by atoms with Crippen molar-refractivity contribution in [1.82, 2.24) is 9.88 Å². The number of aliphatic carboxylic acids is 2. The van der Waals surface area contributed by atoms with E-state index in [9.17, 15) is 14.7 Å². The molecule has 0 saturated carbocycles. The zero-order valence-electron chi connectivity index (χ0n) is 18.6. The molecule has 0 bridgehead atoms. The number of benzene rings is 2. The fourth-order valence-electron chi connectivity index (χ4n) is 3.96. The minimum atomic E-state index is -1.31. The molecule has 1 aromatic heterocycles. The molecular weight excluding hydrogens is 488 g/mol. The lowest BCUT2D eigenvalue weighted by Gasteiger charge is -2.38. The molecule has 1 aliphatic rings. The quantitative estimate of drug-likeness (QED) is 0.323. The van der Waals surface area contributed by atoms with Gasteiger partial charge in [0, 0.05) is 29.9 Å². The van der Waals surface area contributed by atoms with E-state index < -0.39 is 18.0 Å². The average molecular weight is 511 g/mol. The van der Waals surface area contributed by atoms with E-state index in [0.29, 0.717) is 5.02 Å². The Bertz CT molecular complexity index is 1240. The van der Waals surface area contributed by atoms with Crippen LogP contribution in [0.4, 0.5) is 0 Å². The summed E-state index contributed by atoms with van der Waals surface area (Å²) in [6.07, 6.45) is 2.04. The lowest BCUT2D eigenvalue weighted by atomic mass is 10.1. The Hall–Kier alpha value is -3.33. The number of carboxylic acid groups (broad SMARTS) is 2. The number of rotatable bonds is 8. The van der Waals surface area contributed by atoms with Gasteiger partial charge in [-0.15, -0.1) is 0 Å². The highest BCUT2D eigenvalue weighted by Gasteiger charge is 2.33. The van der Waals surface area contributed by atoms with Gasteiger partial charge in [0.15, 0.2) is 0 Å². The summed E-state index contributed by atoms with van der Waals surface area (Å²) in [5.41, 5.74) is 2.58. The number of aromatic nitrogens is 1. The molecular formula is C26H23ClN2O5S. The van der Waals surface area contributed by atoms with Crippen molar-refractivity contribution in [1.29, 1.82) is 0 Å². The Morgan fingerprint density at radius 2 is 1.91 bits per heavy atom. The van der Waals surface area contributed by atoms with Crippen LogP contribution < -0.4 is 0 Å². The molecule has 180 valence electrons. The van der Waals surface area contributed by atoms with E-state index in [-0.39, 0.29) is 30.6 Å². The highest BCUT2D eigenvalue weighted by atomic mass is 35.5. The Morgan fingerprint density at radius 1 is 1.11 bits per heavy atom. The van der Waals surface area contributed by atoms with Crippen LogP contribution in [0.5, 0.6) is 0 Å². The maximum Gasteiger partial charge on any atom is 0.352 e. The van der Waals surface area contributed by atoms with Crippen LogP contribution in [0.2, 0.25) is 5.02 Å². The maximum atomic E-state index is 11.8. The van der Waals surface area contributed by atoms with Crippen LogP contribution in [0.3, 0.4) is 0 Å². The number of hydrogen-bond acceptors (Lipinski definition) is 6. The van der Waals surface area contributed by atoms with E-state index in [1.165, 1.54) is 11.8 Å². The number of thioether (sulfide) groups is 1. The Kier molecular flexibility index (Phi) is 8.07. The van der Waals surface area contributed by atoms with Crippen LogP contribution in [0.25, 0.3) is 11.1 Å². The van der Waals surface area contributed by atoms with Gasteiger partial charge in [-0.1, -0.05) is 71.9 Å². The molecule has 1 fully saturated rings. The molecule has 0 unspecified atom stereocenters. The van der Waals surface area contributed by atoms with Crippen LogP contribution in [-0.4, -0.2) is 57.8 Å². The van der Waals surface area contributed by atoms with Crippen molar-refractivity contribution in [3.63, 3.8) is 0 Å². The van der Waals surface area contributed by atoms with Crippen molar-refractivity contribution in [2.24, 2.45) is 0 Å². The second kappa shape index (κ2) is 11.4. The number of nitrogens with zero attached hydrogens (tertiary/aromatic N) is 2. The zero-order valence-corrected chi connectivity index (χ0v) is 20.2. The van der Waals surface area contributed by atoms with Gasteiger partial charge in [0.2, 0.25) is 0 Å². The lowest BCUT2D eigenvalue weighted by Crippen LogP contribution is -2.45. The number of carboxylic acids is 2. The molecule has 9 heteroatoms. The topological polar surface area (TPSA) is 100.0 Å². The third-order valence-electron chi connectivity index (χ3n) is 5.52. The summed E-state index contributed by atoms with van der Waals surface area (Å²) in [4.78, 5) is 29.2. The number of morpholine rings is 1. The van der Waals surface area contributed by atoms with E-state index in [0.717, 1.165) is 27.8 Å². The van der Waals surface area contributed by atoms with Crippen molar-refractivity contribution in [3.05, 3.63) is 95.3 Å². The molecule has 35 heavy (non-hydrogen) atoms. The van der Waals surface area contributed by atoms with Crippen LogP contribution in [-0.2, 0) is 14.3 Å². The van der Waals surface area contributed by atoms with Gasteiger partial charge in [0.25, 0.3) is 0 Å². The summed E-state index contributed by atoms with van der Waals surface area (Å²) in [6, 6.07) is 21.2. The van der Waals surface area contributed by atoms with Crippen LogP contribution >= 0.6 is 23.4 Å². The SMILES string of the molecule is O=C(O)/C=C(/C(=O)O)N1CCO[C@H]([C@@H](Sc2ncccc2-c2cccc(Cl)c2)c2ccccc2)C1. The lowest BCUT2D eigenvalue weighted by molar-refractivity contribution is -0.137. The normalized spacial score (nSPS) is 17.1. The van der Waals surface area contributed by atoms with Gasteiger partial charge in [-0.25, -0.2) is 14.6 Å². The molecule has 1 saturated heterocycles. The van der Waals surface area contributed by atoms with Gasteiger partial charge in [0.1, 0.15) is 10.7 Å². The van der Waals surface area contributed by atoms with Crippen molar-refractivity contribution in [2.45, 2.75) is 16.4 Å². The summed E-state index contributed by atoms with van der Waals surface area (Å²) >= 11 is 7.75. The predicted octanol–water partition coefficient (Wildman–Crippen LogP) is 4.99. The summed E-state index contributed by atoms with van der Waals surface area (Å²) in [5.74, 6) is -2.59. The van der Waals surface area contributed by atoms with E-state index in [4.69, 9.17) is 21.4 Å². The molecule has 2 heterocycles. The molecule has 2 N–H and O–H groups in total. The Morgan fingerprint density at radius 3 is 2.63 bits per heavy atom. The van der Waals surface area contributed by atoms with E-state index >= 15 is 0 Å². The molecule has 0 aliphatic carbocycles. The molecule has 4 rings (SSSR count). The van der Waals surface area contributed by atoms with Gasteiger partial charge in [0.05, 0.1) is 24.0 Å². The third kappa shape index (κ3) is 6.22. The molecule has 0 radical (unpaired) electrons. The second-order valence-corrected chi connectivity index (χ2v) is 9.41. The molecule has 0 spiro atoms. The standard InChI is InChI=1S/C26H23ClN2O5S/c27-19-9-4-8-18(14-19)20-10-5-11-28-25(20)35-24(17-6-2-1-3-7-17)22-16-29(12-13-34-22)21(26(32)33)15-23(30)31/h1-11,14-15,22,24H,12-13,16H2,(H,30,31)(H,32,33)/b21-15-/t22-,24-/m0/s1. The van der Waals surface area contributed by atoms with Gasteiger partial charge in [-0.3, -0.25) is 0 Å². The molecule has 2 atom stereocenters. The van der Waals surface area contributed by atoms with Crippen LogP contribution in [0.1, 0.15) is 10.8 Å². The minimum absolute atomic E-state index is 0.220. The molecule has 2 aromatic carbocycles. The Labute approximate surface area is 212 Å². The number of halogens is 1. The maximum absolute atomic E-state index is 11.8. The first-order valence-corrected chi connectivity index (χ1v) is 12.1. The van der Waals surface area contributed by atoms with Crippen molar-refractivity contribution in [3.8, 4) is 11.1 Å². The van der Waals surface area contributed by atoms with Crippen molar-refractivity contribution < 1.29 is 24.5 Å². The number of carbonyl (C=O) groups is 2. The fraction of sp³-hybridized carbons (Fsp3) is 0.192. The summed E-state index contributed by atoms with van der Waals surface area (Å²) < 4.78 is 6.12. The van der Waals surface area contributed by atoms with Gasteiger partial charge < -0.3 is 19.8 Å². The zero-order chi connectivity index (χ0) is 24.8. The molecule has 1 aliphatic heterocycles. The summed E-state index contributed by atoms with van der Waals surface area (Å²) in [6.45, 7) is 0.769. The average Bonchev–Trinajstić information content (AvgIpc) is 2.86. The third-order valence-corrected chi connectivity index (χ3v) is 7.14. The first kappa shape index (κ1) is 24.8. The van der Waals surface area contributed by atoms with Gasteiger partial charge in [-0.2, -0.15) is 0 Å². The van der Waals surface area contributed by atoms with Crippen molar-refractivity contribution in [2.75, 3.05) is 19.7 Å². The number of pyridine rings is 1. The Balaban J connectivity index is 1.69. The highest BCUT2D eigenvalue weighted by molar-refractivity contribution is 7.99. The molecule has 3 aromatic rings. The monoisotopic (exact) mass is 510 g/mol. The van der Waals surface area contributed by atoms with Gasteiger partial charge in [-0.05, 0) is 29.3 Å². The first-order chi connectivity index (χ1) is 16.9. The first-order valence-electron chi connectivity index (χ1n) is 10.9. The second-order valence-electron chi connectivity index (χ2n) is 7.84. The summed E-state index contributed by atoms with van der Waals surface area (Å²) in [5, 5.41) is 19.9. The largest absolute Gasteiger partial charge is 0.478 e. The van der Waals surface area contributed by atoms with Gasteiger partial charge >= 0.3 is 11.9 Å². The number of hydrogen-bond donors (Lipinski definition) is 2. The van der Waals surface area contributed by atoms with Crippen LogP contribution in [0.15, 0.2) is 89.7 Å². The van der Waals surface area contributed by atoms with Crippen LogP contribution in [0, 0.1) is 0 Å². The fourth-order valence-corrected chi connectivity index (χ4v) is 5.44. The highest BCUT2D eigenvalue weighted by Crippen LogP contribution is 2.43. The molecule has 0 amide bonds. The smallest absolute Gasteiger partial charge is 0.352 e. The van der Waals surface area contributed by atoms with E-state index in [1.54, 1.807) is 11.1 Å². The summed E-state index contributed by atoms with van der Waals surface area (Å²) in [7, 11) is 0. The van der Waals surface area contributed by atoms with Crippen molar-refractivity contribution >= 4 is 35.3 Å². The predicted molar refractivity (Wildman–Crippen MR) is 134 cm³/mol. The van der Waals surface area contributed by atoms with E-state index in [2.05, 4.69) is 4.98 Å². The number of ether oxygens (including phenoxy) is 1. The minimum Gasteiger partial charge on any atom is -0.478 e. The van der Waals surface area contributed by atoms with E-state index in [1.807, 2.05) is 66.7 Å².